The van der Waals surface area contributed by atoms with E-state index in [-0.39, 0.29) is 0 Å². The molecule has 1 fully saturated rings. The van der Waals surface area contributed by atoms with Gasteiger partial charge in [-0.1, -0.05) is 0 Å². The molecule has 282 valence electrons. The molecule has 0 aromatic rings. The maximum atomic E-state index is 13.7. The molecule has 0 saturated carbocycles. The van der Waals surface area contributed by atoms with Gasteiger partial charge in [0.15, 0.2) is 0 Å². The van der Waals surface area contributed by atoms with Crippen molar-refractivity contribution < 1.29 is 133 Å². The fourth-order valence-corrected chi connectivity index (χ4v) is 2.54. The maximum Gasteiger partial charge on any atom is 0.615 e. The summed E-state index contributed by atoms with van der Waals surface area (Å²) < 4.78 is 336. The molecule has 0 aliphatic carbocycles. The van der Waals surface area contributed by atoms with Crippen LogP contribution in [0.25, 0.3) is 0 Å². The summed E-state index contributed by atoms with van der Waals surface area (Å²) >= 11 is 0. The molecule has 0 radical (unpaired) electrons. The Morgan fingerprint density at radius 1 is 0.354 bits per heavy atom. The van der Waals surface area contributed by atoms with Crippen LogP contribution in [0, 0.1) is 0 Å². The molecule has 0 bridgehead atoms. The van der Waals surface area contributed by atoms with E-state index < -0.39 is 114 Å². The van der Waals surface area contributed by atoms with E-state index in [1.807, 2.05) is 0 Å². The minimum Gasteiger partial charge on any atom is -0.400 e. The predicted octanol–water partition coefficient (Wildman–Crippen LogP) is 6.57. The zero-order valence-corrected chi connectivity index (χ0v) is 21.6. The number of halogens is 24. The lowest BCUT2D eigenvalue weighted by Gasteiger charge is -2.35. The van der Waals surface area contributed by atoms with Crippen LogP contribution in [0.5, 0.6) is 0 Å². The highest BCUT2D eigenvalue weighted by Crippen LogP contribution is 2.51. The van der Waals surface area contributed by atoms with E-state index in [4.69, 9.17) is 0 Å². The molecule has 1 aliphatic heterocycles. The smallest absolute Gasteiger partial charge is 0.400 e. The van der Waals surface area contributed by atoms with E-state index in [0.717, 1.165) is 0 Å². The molecule has 6 nitrogen and oxygen atoms in total. The van der Waals surface area contributed by atoms with E-state index in [2.05, 4.69) is 27.7 Å². The summed E-state index contributed by atoms with van der Waals surface area (Å²) in [6.07, 6.45) is -16.6. The van der Waals surface area contributed by atoms with Gasteiger partial charge in [0.2, 0.25) is 0 Å². The van der Waals surface area contributed by atoms with Crippen LogP contribution in [0.2, 0.25) is 0 Å². The zero-order chi connectivity index (χ0) is 38.3. The Labute approximate surface area is 248 Å². The molecule has 0 aromatic carbocycles. The maximum absolute atomic E-state index is 13.7. The van der Waals surface area contributed by atoms with Gasteiger partial charge in [-0.05, 0) is 0 Å². The van der Waals surface area contributed by atoms with Gasteiger partial charge >= 0.3 is 94.5 Å². The van der Waals surface area contributed by atoms with E-state index in [9.17, 15) is 105 Å². The lowest BCUT2D eigenvalue weighted by Crippen LogP contribution is -2.62. The fourth-order valence-electron chi connectivity index (χ4n) is 2.54. The molecule has 33 heteroatoms. The van der Waals surface area contributed by atoms with Crippen molar-refractivity contribution in [3.63, 3.8) is 0 Å². The van der Waals surface area contributed by atoms with E-state index >= 15 is 0 Å². The number of hydrogen-bond donors (Lipinski definition) is 0. The number of alkyl halides is 24. The Hall–Kier alpha value is -1.73. The SMILES string of the molecule is FC(F)C(F)(F)C(F)(F)C(F)(F)COB1OB(OCC(F)(F)C(F)(F)C(F)(F)C(F)F)OB(OCC(F)(F)C(F)(F)C(F)(F)C(F)F)O1. The van der Waals surface area contributed by atoms with Crippen LogP contribution < -0.4 is 0 Å². The molecular weight excluding hydrogens is 765 g/mol. The molecule has 1 rings (SSSR count). The first-order chi connectivity index (χ1) is 21.1. The topological polar surface area (TPSA) is 55.4 Å². The zero-order valence-electron chi connectivity index (χ0n) is 21.6. The summed E-state index contributed by atoms with van der Waals surface area (Å²) in [7, 11) is -10.9. The molecule has 1 aliphatic rings. The van der Waals surface area contributed by atoms with Crippen molar-refractivity contribution in [3.8, 4) is 0 Å². The summed E-state index contributed by atoms with van der Waals surface area (Å²) in [5.41, 5.74) is 0. The Bertz CT molecular complexity index is 930. The first kappa shape index (κ1) is 44.3. The van der Waals surface area contributed by atoms with Crippen molar-refractivity contribution in [2.75, 3.05) is 19.8 Å². The quantitative estimate of drug-likeness (QED) is 0.116. The highest BCUT2D eigenvalue weighted by molar-refractivity contribution is 6.66. The average Bonchev–Trinajstić information content (AvgIpc) is 2.93. The van der Waals surface area contributed by atoms with Gasteiger partial charge < -0.3 is 27.7 Å². The van der Waals surface area contributed by atoms with Gasteiger partial charge in [0.05, 0.1) is 0 Å². The van der Waals surface area contributed by atoms with Crippen molar-refractivity contribution in [1.29, 1.82) is 0 Å². The normalized spacial score (nSPS) is 17.4. The third kappa shape index (κ3) is 8.25. The molecular formula is C15H9B3F24O6. The Morgan fingerprint density at radius 2 is 0.521 bits per heavy atom. The van der Waals surface area contributed by atoms with Crippen LogP contribution in [0.4, 0.5) is 105 Å². The highest BCUT2D eigenvalue weighted by atomic mass is 19.4. The third-order valence-electron chi connectivity index (χ3n) is 5.32. The lowest BCUT2D eigenvalue weighted by molar-refractivity contribution is -0.344. The van der Waals surface area contributed by atoms with Crippen LogP contribution in [0.15, 0.2) is 0 Å². The summed E-state index contributed by atoms with van der Waals surface area (Å²) in [5, 5.41) is 0. The Kier molecular flexibility index (Phi) is 13.0. The molecule has 0 N–H and O–H groups in total. The fraction of sp³-hybridized carbons (Fsp3) is 1.00. The van der Waals surface area contributed by atoms with Gasteiger partial charge in [0.1, 0.15) is 19.8 Å². The van der Waals surface area contributed by atoms with Gasteiger partial charge in [0, 0.05) is 0 Å². The van der Waals surface area contributed by atoms with E-state index in [1.165, 1.54) is 0 Å². The Morgan fingerprint density at radius 3 is 0.667 bits per heavy atom. The first-order valence-electron chi connectivity index (χ1n) is 11.1. The molecule has 0 atom stereocenters. The standard InChI is InChI=1S/C15H9B3F24O6/c19-4(20)10(31,32)13(37,38)7(25,26)1-43-16-46-17(44-2-8(27,28)14(39,40)11(33,34)5(21)22)48-18(47-16)45-3-9(29,30)15(41,42)12(35,36)6(23)24/h4-6H,1-3H2. The van der Waals surface area contributed by atoms with Crippen molar-refractivity contribution in [1.82, 2.24) is 0 Å². The second kappa shape index (κ2) is 14.1. The van der Waals surface area contributed by atoms with Crippen molar-refractivity contribution >= 4 is 22.0 Å². The predicted molar refractivity (Wildman–Crippen MR) is 101 cm³/mol. The van der Waals surface area contributed by atoms with Crippen LogP contribution in [0.3, 0.4) is 0 Å². The molecule has 1 heterocycles. The van der Waals surface area contributed by atoms with Crippen LogP contribution in [-0.4, -0.2) is 114 Å². The molecule has 0 amide bonds. The number of hydrogen-bond acceptors (Lipinski definition) is 6. The average molecular weight is 774 g/mol. The summed E-state index contributed by atoms with van der Waals surface area (Å²) in [6, 6.07) is 0. The van der Waals surface area contributed by atoms with Crippen molar-refractivity contribution in [3.05, 3.63) is 0 Å². The largest absolute Gasteiger partial charge is 0.615 e. The molecule has 0 unspecified atom stereocenters. The van der Waals surface area contributed by atoms with Gasteiger partial charge in [0.25, 0.3) is 0 Å². The molecule has 1 saturated heterocycles. The van der Waals surface area contributed by atoms with Crippen molar-refractivity contribution in [2.45, 2.75) is 72.6 Å². The van der Waals surface area contributed by atoms with Crippen LogP contribution >= 0.6 is 0 Å². The second-order valence-corrected chi connectivity index (χ2v) is 8.81. The third-order valence-corrected chi connectivity index (χ3v) is 5.32. The van der Waals surface area contributed by atoms with E-state index in [1.54, 1.807) is 0 Å². The van der Waals surface area contributed by atoms with E-state index in [0.29, 0.717) is 0 Å². The highest BCUT2D eigenvalue weighted by Gasteiger charge is 2.78. The first-order valence-corrected chi connectivity index (χ1v) is 11.1. The minimum atomic E-state index is -7.10. The Balaban J connectivity index is 3.32. The molecule has 0 spiro atoms. The summed E-state index contributed by atoms with van der Waals surface area (Å²) in [6.45, 7) is -10.1. The van der Waals surface area contributed by atoms with Crippen molar-refractivity contribution in [2.24, 2.45) is 0 Å². The van der Waals surface area contributed by atoms with Crippen LogP contribution in [0.1, 0.15) is 0 Å². The summed E-state index contributed by atoms with van der Waals surface area (Å²) in [4.78, 5) is 0. The minimum absolute atomic E-state index is 3.36. The van der Waals surface area contributed by atoms with Gasteiger partial charge in [-0.2, -0.15) is 79.0 Å². The second-order valence-electron chi connectivity index (χ2n) is 8.81. The summed E-state index contributed by atoms with van der Waals surface area (Å²) in [5.74, 6) is -61.5. The lowest BCUT2D eigenvalue weighted by atomic mass is 9.95. The molecule has 48 heavy (non-hydrogen) atoms. The van der Waals surface area contributed by atoms with Gasteiger partial charge in [-0.3, -0.25) is 0 Å². The monoisotopic (exact) mass is 774 g/mol. The van der Waals surface area contributed by atoms with Gasteiger partial charge in [-0.25, -0.2) is 26.3 Å². The molecule has 0 aromatic heterocycles. The number of rotatable bonds is 18. The van der Waals surface area contributed by atoms with Crippen LogP contribution in [-0.2, 0) is 27.7 Å². The van der Waals surface area contributed by atoms with Gasteiger partial charge in [-0.15, -0.1) is 0 Å².